The maximum Gasteiger partial charge on any atom is 0.265 e. The highest BCUT2D eigenvalue weighted by atomic mass is 79.9. The minimum Gasteiger partial charge on any atom is -0.481 e. The molecule has 0 spiro atoms. The van der Waals surface area contributed by atoms with Crippen LogP contribution in [0.5, 0.6) is 5.75 Å². The van der Waals surface area contributed by atoms with Crippen molar-refractivity contribution in [3.05, 3.63) is 58.6 Å². The van der Waals surface area contributed by atoms with E-state index in [1.54, 1.807) is 6.92 Å². The summed E-state index contributed by atoms with van der Waals surface area (Å²) in [7, 11) is 0. The van der Waals surface area contributed by atoms with Gasteiger partial charge in [0.2, 0.25) is 0 Å². The molecule has 1 N–H and O–H groups in total. The van der Waals surface area contributed by atoms with E-state index in [2.05, 4.69) is 35.1 Å². The largest absolute Gasteiger partial charge is 0.481 e. The lowest BCUT2D eigenvalue weighted by Gasteiger charge is -2.15. The van der Waals surface area contributed by atoms with E-state index in [9.17, 15) is 4.79 Å². The van der Waals surface area contributed by atoms with Crippen LogP contribution in [-0.4, -0.2) is 12.0 Å². The summed E-state index contributed by atoms with van der Waals surface area (Å²) < 4.78 is 6.57. The Morgan fingerprint density at radius 2 is 1.77 bits per heavy atom. The maximum absolute atomic E-state index is 12.2. The summed E-state index contributed by atoms with van der Waals surface area (Å²) in [5.74, 6) is 0.966. The highest BCUT2D eigenvalue weighted by Gasteiger charge is 2.15. The van der Waals surface area contributed by atoms with Crippen molar-refractivity contribution in [2.75, 3.05) is 5.32 Å². The number of ether oxygens (including phenoxy) is 1. The van der Waals surface area contributed by atoms with Crippen molar-refractivity contribution in [2.45, 2.75) is 32.8 Å². The van der Waals surface area contributed by atoms with E-state index in [1.807, 2.05) is 48.5 Å². The van der Waals surface area contributed by atoms with E-state index < -0.39 is 6.10 Å². The van der Waals surface area contributed by atoms with E-state index >= 15 is 0 Å². The Morgan fingerprint density at radius 1 is 1.09 bits per heavy atom. The van der Waals surface area contributed by atoms with Crippen LogP contribution in [0.4, 0.5) is 5.69 Å². The summed E-state index contributed by atoms with van der Waals surface area (Å²) in [5.41, 5.74) is 2.02. The Morgan fingerprint density at radius 3 is 2.36 bits per heavy atom. The van der Waals surface area contributed by atoms with Gasteiger partial charge in [-0.1, -0.05) is 48.0 Å². The molecule has 0 saturated carbocycles. The van der Waals surface area contributed by atoms with Gasteiger partial charge in [0.15, 0.2) is 6.10 Å². The summed E-state index contributed by atoms with van der Waals surface area (Å²) in [6, 6.07) is 15.3. The van der Waals surface area contributed by atoms with Crippen molar-refractivity contribution < 1.29 is 9.53 Å². The van der Waals surface area contributed by atoms with Gasteiger partial charge in [0, 0.05) is 10.2 Å². The SMILES string of the molecule is CC(Oc1cccc(Br)c1)C(=O)Nc1ccc(C(C)C)cc1. The molecule has 1 atom stereocenters. The average Bonchev–Trinajstić information content (AvgIpc) is 2.47. The maximum atomic E-state index is 12.2. The zero-order chi connectivity index (χ0) is 16.1. The first-order valence-electron chi connectivity index (χ1n) is 7.29. The van der Waals surface area contributed by atoms with Crippen molar-refractivity contribution >= 4 is 27.5 Å². The molecular formula is C18H20BrNO2. The minimum atomic E-state index is -0.570. The summed E-state index contributed by atoms with van der Waals surface area (Å²) in [6.45, 7) is 6.02. The van der Waals surface area contributed by atoms with Gasteiger partial charge in [-0.25, -0.2) is 0 Å². The van der Waals surface area contributed by atoms with E-state index in [4.69, 9.17) is 4.74 Å². The zero-order valence-corrected chi connectivity index (χ0v) is 14.6. The standard InChI is InChI=1S/C18H20BrNO2/c1-12(2)14-7-9-16(10-8-14)20-18(21)13(3)22-17-6-4-5-15(19)11-17/h4-13H,1-3H3,(H,20,21). The predicted octanol–water partition coefficient (Wildman–Crippen LogP) is 4.98. The summed E-state index contributed by atoms with van der Waals surface area (Å²) in [6.07, 6.45) is -0.570. The normalized spacial score (nSPS) is 12.0. The van der Waals surface area contributed by atoms with Gasteiger partial charge in [0.1, 0.15) is 5.75 Å². The molecule has 2 aromatic rings. The smallest absolute Gasteiger partial charge is 0.265 e. The van der Waals surface area contributed by atoms with Gasteiger partial charge in [-0.2, -0.15) is 0 Å². The Kier molecular flexibility index (Phi) is 5.61. The molecule has 3 nitrogen and oxygen atoms in total. The second kappa shape index (κ2) is 7.45. The number of nitrogens with one attached hydrogen (secondary N) is 1. The van der Waals surface area contributed by atoms with Crippen LogP contribution in [0.3, 0.4) is 0 Å². The second-order valence-corrected chi connectivity index (χ2v) is 6.40. The first-order chi connectivity index (χ1) is 10.5. The molecule has 1 amide bonds. The fourth-order valence-corrected chi connectivity index (χ4v) is 2.37. The first-order valence-corrected chi connectivity index (χ1v) is 8.08. The molecule has 1 unspecified atom stereocenters. The number of amides is 1. The third-order valence-corrected chi connectivity index (χ3v) is 3.82. The summed E-state index contributed by atoms with van der Waals surface area (Å²) >= 11 is 3.38. The van der Waals surface area contributed by atoms with Gasteiger partial charge in [-0.15, -0.1) is 0 Å². The number of hydrogen-bond acceptors (Lipinski definition) is 2. The van der Waals surface area contributed by atoms with Crippen LogP contribution in [-0.2, 0) is 4.79 Å². The molecule has 0 fully saturated rings. The molecular weight excluding hydrogens is 342 g/mol. The zero-order valence-electron chi connectivity index (χ0n) is 13.0. The molecule has 0 radical (unpaired) electrons. The van der Waals surface area contributed by atoms with Gasteiger partial charge in [0.05, 0.1) is 0 Å². The molecule has 0 aliphatic heterocycles. The van der Waals surface area contributed by atoms with Gasteiger partial charge in [-0.3, -0.25) is 4.79 Å². The van der Waals surface area contributed by atoms with Gasteiger partial charge in [-0.05, 0) is 48.7 Å². The summed E-state index contributed by atoms with van der Waals surface area (Å²) in [5, 5.41) is 2.87. The molecule has 22 heavy (non-hydrogen) atoms. The number of halogens is 1. The van der Waals surface area contributed by atoms with E-state index in [-0.39, 0.29) is 5.91 Å². The van der Waals surface area contributed by atoms with Gasteiger partial charge in [0.25, 0.3) is 5.91 Å². The average molecular weight is 362 g/mol. The van der Waals surface area contributed by atoms with Gasteiger partial charge < -0.3 is 10.1 Å². The van der Waals surface area contributed by atoms with Crippen LogP contribution >= 0.6 is 15.9 Å². The molecule has 0 aromatic heterocycles. The quantitative estimate of drug-likeness (QED) is 0.815. The number of carbonyl (C=O) groups excluding carboxylic acids is 1. The lowest BCUT2D eigenvalue weighted by atomic mass is 10.0. The predicted molar refractivity (Wildman–Crippen MR) is 93.4 cm³/mol. The van der Waals surface area contributed by atoms with Crippen molar-refractivity contribution in [3.63, 3.8) is 0 Å². The Labute approximate surface area is 139 Å². The Hall–Kier alpha value is -1.81. The van der Waals surface area contributed by atoms with E-state index in [1.165, 1.54) is 5.56 Å². The van der Waals surface area contributed by atoms with Crippen LogP contribution in [0.15, 0.2) is 53.0 Å². The molecule has 0 heterocycles. The number of anilines is 1. The molecule has 116 valence electrons. The van der Waals surface area contributed by atoms with Crippen LogP contribution in [0.2, 0.25) is 0 Å². The fourth-order valence-electron chi connectivity index (χ4n) is 1.99. The Bertz CT molecular complexity index is 638. The third kappa shape index (κ3) is 4.60. The van der Waals surface area contributed by atoms with Crippen LogP contribution in [0.25, 0.3) is 0 Å². The lowest BCUT2D eigenvalue weighted by molar-refractivity contribution is -0.122. The summed E-state index contributed by atoms with van der Waals surface area (Å²) in [4.78, 5) is 12.2. The lowest BCUT2D eigenvalue weighted by Crippen LogP contribution is -2.30. The van der Waals surface area contributed by atoms with Crippen molar-refractivity contribution in [1.82, 2.24) is 0 Å². The minimum absolute atomic E-state index is 0.169. The Balaban J connectivity index is 1.96. The van der Waals surface area contributed by atoms with E-state index in [0.29, 0.717) is 11.7 Å². The van der Waals surface area contributed by atoms with Crippen molar-refractivity contribution in [2.24, 2.45) is 0 Å². The van der Waals surface area contributed by atoms with E-state index in [0.717, 1.165) is 10.2 Å². The number of benzene rings is 2. The highest BCUT2D eigenvalue weighted by molar-refractivity contribution is 9.10. The third-order valence-electron chi connectivity index (χ3n) is 3.32. The molecule has 2 rings (SSSR count). The number of rotatable bonds is 5. The van der Waals surface area contributed by atoms with Crippen molar-refractivity contribution in [1.29, 1.82) is 0 Å². The molecule has 0 saturated heterocycles. The highest BCUT2D eigenvalue weighted by Crippen LogP contribution is 2.20. The molecule has 0 bridgehead atoms. The monoisotopic (exact) mass is 361 g/mol. The molecule has 2 aromatic carbocycles. The topological polar surface area (TPSA) is 38.3 Å². The second-order valence-electron chi connectivity index (χ2n) is 5.48. The first kappa shape index (κ1) is 16.6. The molecule has 0 aliphatic rings. The van der Waals surface area contributed by atoms with Crippen LogP contribution < -0.4 is 10.1 Å². The number of hydrogen-bond donors (Lipinski definition) is 1. The van der Waals surface area contributed by atoms with Gasteiger partial charge >= 0.3 is 0 Å². The fraction of sp³-hybridized carbons (Fsp3) is 0.278. The van der Waals surface area contributed by atoms with Crippen molar-refractivity contribution in [3.8, 4) is 5.75 Å². The number of carbonyl (C=O) groups is 1. The molecule has 4 heteroatoms. The van der Waals surface area contributed by atoms with Crippen LogP contribution in [0.1, 0.15) is 32.3 Å². The molecule has 0 aliphatic carbocycles. The van der Waals surface area contributed by atoms with Crippen LogP contribution in [0, 0.1) is 0 Å².